The highest BCUT2D eigenvalue weighted by Crippen LogP contribution is 2.31. The van der Waals surface area contributed by atoms with Gasteiger partial charge < -0.3 is 4.90 Å². The number of halogens is 4. The van der Waals surface area contributed by atoms with Gasteiger partial charge in [0.1, 0.15) is 0 Å². The number of carbonyl (C=O) groups is 1. The number of sulfone groups is 1. The van der Waals surface area contributed by atoms with Gasteiger partial charge in [0, 0.05) is 44.3 Å². The first-order valence-corrected chi connectivity index (χ1v) is 14.1. The van der Waals surface area contributed by atoms with Gasteiger partial charge >= 0.3 is 0 Å². The van der Waals surface area contributed by atoms with Crippen LogP contribution in [0.3, 0.4) is 0 Å². The van der Waals surface area contributed by atoms with Crippen molar-refractivity contribution in [1.82, 2.24) is 4.90 Å². The summed E-state index contributed by atoms with van der Waals surface area (Å²) in [5, 5.41) is 2.03. The normalized spacial score (nSPS) is 17.1. The molecule has 1 fully saturated rings. The minimum Gasteiger partial charge on any atom is -0.331 e. The summed E-state index contributed by atoms with van der Waals surface area (Å²) in [5.74, 6) is -0.266. The third-order valence-electron chi connectivity index (χ3n) is 5.85. The molecule has 0 spiro atoms. The molecule has 0 aliphatic carbocycles. The highest BCUT2D eigenvalue weighted by molar-refractivity contribution is 7.91. The minimum absolute atomic E-state index is 0.0489. The van der Waals surface area contributed by atoms with Crippen molar-refractivity contribution >= 4 is 68.2 Å². The average molecular weight is 569 g/mol. The Morgan fingerprint density at radius 3 is 2.17 bits per heavy atom. The molecule has 1 heterocycles. The van der Waals surface area contributed by atoms with E-state index < -0.39 is 15.9 Å². The maximum Gasteiger partial charge on any atom is 0.247 e. The van der Waals surface area contributed by atoms with Crippen LogP contribution in [0.15, 0.2) is 66.7 Å². The van der Waals surface area contributed by atoms with Crippen molar-refractivity contribution in [2.45, 2.75) is 19.0 Å². The van der Waals surface area contributed by atoms with Crippen LogP contribution in [0, 0.1) is 0 Å². The zero-order chi connectivity index (χ0) is 25.2. The zero-order valence-electron chi connectivity index (χ0n) is 18.4. The quantitative estimate of drug-likeness (QED) is 0.295. The average Bonchev–Trinajstić information content (AvgIpc) is 3.16. The highest BCUT2D eigenvalue weighted by Gasteiger charge is 2.34. The van der Waals surface area contributed by atoms with Crippen molar-refractivity contribution < 1.29 is 13.2 Å². The Hall–Kier alpha value is -2.02. The Balaban J connectivity index is 1.57. The van der Waals surface area contributed by atoms with Gasteiger partial charge in [-0.15, -0.1) is 0 Å². The molecule has 4 nitrogen and oxygen atoms in total. The second-order valence-electron chi connectivity index (χ2n) is 8.34. The number of nitrogens with zero attached hydrogens (tertiary/aromatic N) is 1. The summed E-state index contributed by atoms with van der Waals surface area (Å²) < 4.78 is 24.3. The van der Waals surface area contributed by atoms with Crippen LogP contribution in [-0.2, 0) is 21.2 Å². The number of rotatable bonds is 6. The number of hydrogen-bond acceptors (Lipinski definition) is 3. The Kier molecular flexibility index (Phi) is 8.14. The lowest BCUT2D eigenvalue weighted by atomic mass is 10.0. The second-order valence-corrected chi connectivity index (χ2v) is 12.3. The topological polar surface area (TPSA) is 54.5 Å². The molecule has 1 amide bonds. The molecule has 0 saturated carbocycles. The molecule has 3 aromatic rings. The fourth-order valence-electron chi connectivity index (χ4n) is 4.01. The van der Waals surface area contributed by atoms with Crippen molar-refractivity contribution in [3.8, 4) is 11.1 Å². The van der Waals surface area contributed by atoms with E-state index in [-0.39, 0.29) is 24.0 Å². The molecule has 1 aliphatic rings. The minimum atomic E-state index is -3.18. The summed E-state index contributed by atoms with van der Waals surface area (Å²) in [5.41, 5.74) is 3.27. The third kappa shape index (κ3) is 6.60. The van der Waals surface area contributed by atoms with Crippen LogP contribution in [0.4, 0.5) is 0 Å². The molecular weight excluding hydrogens is 548 g/mol. The van der Waals surface area contributed by atoms with Crippen LogP contribution in [0.1, 0.15) is 17.5 Å². The number of carbonyl (C=O) groups excluding carboxylic acids is 1. The fourth-order valence-corrected chi connectivity index (χ4v) is 6.73. The number of amides is 1. The van der Waals surface area contributed by atoms with Crippen LogP contribution in [-0.4, -0.2) is 36.8 Å². The van der Waals surface area contributed by atoms with Crippen LogP contribution in [0.25, 0.3) is 17.2 Å². The molecule has 182 valence electrons. The monoisotopic (exact) mass is 567 g/mol. The van der Waals surface area contributed by atoms with Crippen LogP contribution >= 0.6 is 46.4 Å². The first-order chi connectivity index (χ1) is 16.6. The second kappa shape index (κ2) is 10.9. The summed E-state index contributed by atoms with van der Waals surface area (Å²) >= 11 is 24.5. The van der Waals surface area contributed by atoms with Gasteiger partial charge in [-0.25, -0.2) is 8.42 Å². The Morgan fingerprint density at radius 2 is 1.57 bits per heavy atom. The van der Waals surface area contributed by atoms with E-state index in [9.17, 15) is 13.2 Å². The predicted octanol–water partition coefficient (Wildman–Crippen LogP) is 7.20. The van der Waals surface area contributed by atoms with Crippen LogP contribution < -0.4 is 0 Å². The predicted molar refractivity (Wildman–Crippen MR) is 145 cm³/mol. The van der Waals surface area contributed by atoms with E-state index in [0.29, 0.717) is 32.1 Å². The summed E-state index contributed by atoms with van der Waals surface area (Å²) in [6, 6.07) is 17.6. The van der Waals surface area contributed by atoms with Crippen molar-refractivity contribution in [3.63, 3.8) is 0 Å². The summed E-state index contributed by atoms with van der Waals surface area (Å²) in [7, 11) is -3.18. The van der Waals surface area contributed by atoms with Crippen LogP contribution in [0.2, 0.25) is 20.1 Å². The smallest absolute Gasteiger partial charge is 0.247 e. The lowest BCUT2D eigenvalue weighted by Crippen LogP contribution is -2.39. The SMILES string of the molecule is O=C(/C=C/c1ccc(Cl)cc1Cl)N(Cc1ccc(-c2ccc(Cl)cc2Cl)cc1)C1CCS(=O)(=O)C1. The summed E-state index contributed by atoms with van der Waals surface area (Å²) in [4.78, 5) is 14.8. The highest BCUT2D eigenvalue weighted by atomic mass is 35.5. The van der Waals surface area contributed by atoms with Gasteiger partial charge in [0.2, 0.25) is 5.91 Å². The van der Waals surface area contributed by atoms with Gasteiger partial charge in [0.25, 0.3) is 0 Å². The van der Waals surface area contributed by atoms with E-state index in [4.69, 9.17) is 46.4 Å². The lowest BCUT2D eigenvalue weighted by molar-refractivity contribution is -0.128. The molecular formula is C26H21Cl4NO3S. The number of hydrogen-bond donors (Lipinski definition) is 0. The zero-order valence-corrected chi connectivity index (χ0v) is 22.3. The van der Waals surface area contributed by atoms with Crippen molar-refractivity contribution in [2.24, 2.45) is 0 Å². The van der Waals surface area contributed by atoms with E-state index in [0.717, 1.165) is 16.7 Å². The molecule has 9 heteroatoms. The van der Waals surface area contributed by atoms with E-state index in [1.165, 1.54) is 6.08 Å². The largest absolute Gasteiger partial charge is 0.331 e. The third-order valence-corrected chi connectivity index (χ3v) is 8.71. The summed E-state index contributed by atoms with van der Waals surface area (Å²) in [6.07, 6.45) is 3.44. The van der Waals surface area contributed by atoms with E-state index in [1.807, 2.05) is 30.3 Å². The molecule has 1 unspecified atom stereocenters. The lowest BCUT2D eigenvalue weighted by Gasteiger charge is -2.27. The van der Waals surface area contributed by atoms with E-state index >= 15 is 0 Å². The van der Waals surface area contributed by atoms with Gasteiger partial charge in [0.05, 0.1) is 11.5 Å². The molecule has 35 heavy (non-hydrogen) atoms. The Bertz CT molecular complexity index is 1390. The number of benzene rings is 3. The van der Waals surface area contributed by atoms with E-state index in [2.05, 4.69) is 0 Å². The van der Waals surface area contributed by atoms with Gasteiger partial charge in [-0.1, -0.05) is 82.8 Å². The molecule has 0 bridgehead atoms. The molecule has 4 rings (SSSR count). The van der Waals surface area contributed by atoms with Crippen LogP contribution in [0.5, 0.6) is 0 Å². The molecule has 3 aromatic carbocycles. The van der Waals surface area contributed by atoms with Gasteiger partial charge in [-0.05, 0) is 53.5 Å². The standard InChI is InChI=1S/C26H21Cl4NO3S/c27-20-7-5-19(24(29)13-20)6-10-26(32)31(22-11-12-35(33,34)16-22)15-17-1-3-18(4-2-17)23-9-8-21(28)14-25(23)30/h1-10,13-14,22H,11-12,15-16H2/b10-6+. The van der Waals surface area contributed by atoms with Crippen molar-refractivity contribution in [3.05, 3.63) is 98.0 Å². The Labute approximate surface area is 225 Å². The van der Waals surface area contributed by atoms with Gasteiger partial charge in [-0.2, -0.15) is 0 Å². The maximum atomic E-state index is 13.2. The fraction of sp³-hybridized carbons (Fsp3) is 0.192. The first-order valence-electron chi connectivity index (χ1n) is 10.8. The van der Waals surface area contributed by atoms with Crippen molar-refractivity contribution in [2.75, 3.05) is 11.5 Å². The maximum absolute atomic E-state index is 13.2. The Morgan fingerprint density at radius 1 is 0.914 bits per heavy atom. The molecule has 0 radical (unpaired) electrons. The van der Waals surface area contributed by atoms with Crippen molar-refractivity contribution in [1.29, 1.82) is 0 Å². The van der Waals surface area contributed by atoms with E-state index in [1.54, 1.807) is 41.3 Å². The van der Waals surface area contributed by atoms with Gasteiger partial charge in [0.15, 0.2) is 9.84 Å². The first kappa shape index (κ1) is 26.1. The molecule has 1 saturated heterocycles. The molecule has 1 atom stereocenters. The molecule has 0 N–H and O–H groups in total. The molecule has 0 aromatic heterocycles. The molecule has 1 aliphatic heterocycles. The van der Waals surface area contributed by atoms with Gasteiger partial charge in [-0.3, -0.25) is 4.79 Å². The summed E-state index contributed by atoms with van der Waals surface area (Å²) in [6.45, 7) is 0.270.